The SMILES string of the molecule is Cc1ccc(OCCNC(=O)c2ccc(Br)c([N+](=O)[O-])c2)cc1. The van der Waals surface area contributed by atoms with Crippen LogP contribution >= 0.6 is 15.9 Å². The van der Waals surface area contributed by atoms with Gasteiger partial charge < -0.3 is 10.1 Å². The first-order valence-electron chi connectivity index (χ1n) is 6.89. The Morgan fingerprint density at radius 2 is 1.96 bits per heavy atom. The highest BCUT2D eigenvalue weighted by Gasteiger charge is 2.15. The summed E-state index contributed by atoms with van der Waals surface area (Å²) in [6.45, 7) is 2.60. The van der Waals surface area contributed by atoms with E-state index in [-0.39, 0.29) is 17.2 Å². The Morgan fingerprint density at radius 3 is 2.61 bits per heavy atom. The molecule has 0 heterocycles. The van der Waals surface area contributed by atoms with Crippen LogP contribution < -0.4 is 10.1 Å². The maximum absolute atomic E-state index is 12.0. The Labute approximate surface area is 141 Å². The summed E-state index contributed by atoms with van der Waals surface area (Å²) >= 11 is 3.08. The highest BCUT2D eigenvalue weighted by Crippen LogP contribution is 2.25. The van der Waals surface area contributed by atoms with E-state index in [0.29, 0.717) is 17.6 Å². The molecule has 2 aromatic carbocycles. The van der Waals surface area contributed by atoms with Crippen molar-refractivity contribution in [3.05, 3.63) is 68.2 Å². The van der Waals surface area contributed by atoms with Crippen LogP contribution in [0.4, 0.5) is 5.69 Å². The Bertz CT molecular complexity index is 717. The Kier molecular flexibility index (Phi) is 5.70. The number of hydrogen-bond donors (Lipinski definition) is 1. The number of nitro benzene ring substituents is 1. The van der Waals surface area contributed by atoms with Crippen molar-refractivity contribution in [1.82, 2.24) is 5.32 Å². The third-order valence-electron chi connectivity index (χ3n) is 3.08. The van der Waals surface area contributed by atoms with Gasteiger partial charge in [0.1, 0.15) is 12.4 Å². The first kappa shape index (κ1) is 17.0. The van der Waals surface area contributed by atoms with Crippen molar-refractivity contribution in [2.75, 3.05) is 13.2 Å². The lowest BCUT2D eigenvalue weighted by atomic mass is 10.2. The normalized spacial score (nSPS) is 10.2. The molecule has 7 heteroatoms. The average Bonchev–Trinajstić information content (AvgIpc) is 2.53. The molecule has 0 aliphatic rings. The number of halogens is 1. The minimum atomic E-state index is -0.540. The molecule has 0 aromatic heterocycles. The van der Waals surface area contributed by atoms with Gasteiger partial charge in [0, 0.05) is 11.6 Å². The van der Waals surface area contributed by atoms with Crippen LogP contribution in [-0.2, 0) is 0 Å². The van der Waals surface area contributed by atoms with Gasteiger partial charge in [0.05, 0.1) is 15.9 Å². The van der Waals surface area contributed by atoms with E-state index in [0.717, 1.165) is 11.3 Å². The Morgan fingerprint density at radius 1 is 1.26 bits per heavy atom. The minimum Gasteiger partial charge on any atom is -0.492 e. The molecule has 2 rings (SSSR count). The van der Waals surface area contributed by atoms with E-state index >= 15 is 0 Å². The van der Waals surface area contributed by atoms with E-state index in [2.05, 4.69) is 21.2 Å². The summed E-state index contributed by atoms with van der Waals surface area (Å²) in [5, 5.41) is 13.5. The molecule has 23 heavy (non-hydrogen) atoms. The standard InChI is InChI=1S/C16H15BrN2O4/c1-11-2-5-13(6-3-11)23-9-8-18-16(20)12-4-7-14(17)15(10-12)19(21)22/h2-7,10H,8-9H2,1H3,(H,18,20). The molecule has 0 aliphatic heterocycles. The number of hydrogen-bond acceptors (Lipinski definition) is 4. The molecule has 0 spiro atoms. The second-order valence-electron chi connectivity index (χ2n) is 4.84. The molecular weight excluding hydrogens is 364 g/mol. The van der Waals surface area contributed by atoms with Crippen LogP contribution in [0.5, 0.6) is 5.75 Å². The van der Waals surface area contributed by atoms with Crippen LogP contribution in [0.3, 0.4) is 0 Å². The van der Waals surface area contributed by atoms with Crippen LogP contribution in [0.1, 0.15) is 15.9 Å². The lowest BCUT2D eigenvalue weighted by molar-refractivity contribution is -0.385. The number of benzene rings is 2. The van der Waals surface area contributed by atoms with Gasteiger partial charge >= 0.3 is 0 Å². The van der Waals surface area contributed by atoms with Gasteiger partial charge in [0.2, 0.25) is 0 Å². The first-order chi connectivity index (χ1) is 11.0. The second kappa shape index (κ2) is 7.73. The molecule has 120 valence electrons. The summed E-state index contributed by atoms with van der Waals surface area (Å²) in [5.41, 5.74) is 1.23. The van der Waals surface area contributed by atoms with E-state index in [1.54, 1.807) is 0 Å². The van der Waals surface area contributed by atoms with Crippen LogP contribution in [0.25, 0.3) is 0 Å². The Hall–Kier alpha value is -2.41. The molecule has 0 saturated heterocycles. The monoisotopic (exact) mass is 378 g/mol. The third kappa shape index (κ3) is 4.79. The van der Waals surface area contributed by atoms with E-state index in [1.807, 2.05) is 31.2 Å². The number of ether oxygens (including phenoxy) is 1. The summed E-state index contributed by atoms with van der Waals surface area (Å²) < 4.78 is 5.83. The van der Waals surface area contributed by atoms with Crippen molar-refractivity contribution in [2.24, 2.45) is 0 Å². The molecule has 0 bridgehead atoms. The van der Waals surface area contributed by atoms with E-state index in [9.17, 15) is 14.9 Å². The van der Waals surface area contributed by atoms with Crippen molar-refractivity contribution >= 4 is 27.5 Å². The van der Waals surface area contributed by atoms with Crippen LogP contribution in [0, 0.1) is 17.0 Å². The van der Waals surface area contributed by atoms with Gasteiger partial charge in [-0.15, -0.1) is 0 Å². The number of carbonyl (C=O) groups is 1. The summed E-state index contributed by atoms with van der Waals surface area (Å²) in [5.74, 6) is 0.345. The number of rotatable bonds is 6. The fourth-order valence-electron chi connectivity index (χ4n) is 1.86. The fourth-order valence-corrected chi connectivity index (χ4v) is 2.26. The number of nitrogens with one attached hydrogen (secondary N) is 1. The summed E-state index contributed by atoms with van der Waals surface area (Å²) in [7, 11) is 0. The molecule has 0 saturated carbocycles. The van der Waals surface area contributed by atoms with Gasteiger partial charge in [-0.05, 0) is 47.1 Å². The van der Waals surface area contributed by atoms with Gasteiger partial charge in [0.15, 0.2) is 0 Å². The summed E-state index contributed by atoms with van der Waals surface area (Å²) in [6.07, 6.45) is 0. The predicted molar refractivity (Wildman–Crippen MR) is 89.8 cm³/mol. The average molecular weight is 379 g/mol. The quantitative estimate of drug-likeness (QED) is 0.473. The van der Waals surface area contributed by atoms with Gasteiger partial charge in [-0.25, -0.2) is 0 Å². The molecule has 6 nitrogen and oxygen atoms in total. The molecule has 0 fully saturated rings. The number of aryl methyl sites for hydroxylation is 1. The Balaban J connectivity index is 1.86. The topological polar surface area (TPSA) is 81.5 Å². The number of nitrogens with zero attached hydrogens (tertiary/aromatic N) is 1. The molecule has 1 amide bonds. The lowest BCUT2D eigenvalue weighted by Crippen LogP contribution is -2.28. The fraction of sp³-hybridized carbons (Fsp3) is 0.188. The molecule has 1 N–H and O–H groups in total. The van der Waals surface area contributed by atoms with Crippen molar-refractivity contribution in [3.63, 3.8) is 0 Å². The molecule has 0 aliphatic carbocycles. The number of amides is 1. The van der Waals surface area contributed by atoms with Crippen molar-refractivity contribution in [3.8, 4) is 5.75 Å². The molecule has 2 aromatic rings. The van der Waals surface area contributed by atoms with Gasteiger partial charge in [-0.2, -0.15) is 0 Å². The van der Waals surface area contributed by atoms with Crippen LogP contribution in [0.15, 0.2) is 46.9 Å². The van der Waals surface area contributed by atoms with Crippen LogP contribution in [0.2, 0.25) is 0 Å². The van der Waals surface area contributed by atoms with Gasteiger partial charge in [-0.1, -0.05) is 17.7 Å². The predicted octanol–water partition coefficient (Wildman–Crippen LogP) is 3.47. The van der Waals surface area contributed by atoms with E-state index in [1.165, 1.54) is 18.2 Å². The van der Waals surface area contributed by atoms with Gasteiger partial charge in [0.25, 0.3) is 11.6 Å². The molecule has 0 unspecified atom stereocenters. The smallest absolute Gasteiger partial charge is 0.284 e. The van der Waals surface area contributed by atoms with Crippen molar-refractivity contribution in [2.45, 2.75) is 6.92 Å². The van der Waals surface area contributed by atoms with Crippen molar-refractivity contribution in [1.29, 1.82) is 0 Å². The maximum Gasteiger partial charge on any atom is 0.284 e. The molecule has 0 radical (unpaired) electrons. The second-order valence-corrected chi connectivity index (χ2v) is 5.70. The molecular formula is C16H15BrN2O4. The molecule has 0 atom stereocenters. The zero-order valence-electron chi connectivity index (χ0n) is 12.4. The number of carbonyl (C=O) groups excluding carboxylic acids is 1. The van der Waals surface area contributed by atoms with E-state index < -0.39 is 4.92 Å². The number of nitro groups is 1. The summed E-state index contributed by atoms with van der Waals surface area (Å²) in [6, 6.07) is 11.8. The lowest BCUT2D eigenvalue weighted by Gasteiger charge is -2.08. The summed E-state index contributed by atoms with van der Waals surface area (Å²) in [4.78, 5) is 22.3. The maximum atomic E-state index is 12.0. The zero-order chi connectivity index (χ0) is 16.8. The largest absolute Gasteiger partial charge is 0.492 e. The first-order valence-corrected chi connectivity index (χ1v) is 7.68. The zero-order valence-corrected chi connectivity index (χ0v) is 14.0. The van der Waals surface area contributed by atoms with E-state index in [4.69, 9.17) is 4.74 Å². The third-order valence-corrected chi connectivity index (χ3v) is 3.75. The van der Waals surface area contributed by atoms with Gasteiger partial charge in [-0.3, -0.25) is 14.9 Å². The highest BCUT2D eigenvalue weighted by atomic mass is 79.9. The van der Waals surface area contributed by atoms with Crippen LogP contribution in [-0.4, -0.2) is 24.0 Å². The highest BCUT2D eigenvalue weighted by molar-refractivity contribution is 9.10. The van der Waals surface area contributed by atoms with Crippen molar-refractivity contribution < 1.29 is 14.5 Å². The minimum absolute atomic E-state index is 0.145.